The quantitative estimate of drug-likeness (QED) is 0.214. The number of benzene rings is 5. The van der Waals surface area contributed by atoms with E-state index in [-0.39, 0.29) is 0 Å². The van der Waals surface area contributed by atoms with Crippen LogP contribution in [0.15, 0.2) is 146 Å². The van der Waals surface area contributed by atoms with Crippen LogP contribution in [0.4, 0.5) is 0 Å². The molecule has 0 aliphatic rings. The van der Waals surface area contributed by atoms with Crippen LogP contribution in [0.1, 0.15) is 0 Å². The van der Waals surface area contributed by atoms with Gasteiger partial charge in [0.2, 0.25) is 5.95 Å². The minimum Gasteiger partial charge on any atom is -0.309 e. The van der Waals surface area contributed by atoms with Crippen LogP contribution in [-0.4, -0.2) is 29.1 Å². The Balaban J connectivity index is 1.40. The van der Waals surface area contributed by atoms with Crippen LogP contribution in [0.3, 0.4) is 0 Å². The third-order valence-corrected chi connectivity index (χ3v) is 8.22. The third kappa shape index (κ3) is 3.75. The van der Waals surface area contributed by atoms with Crippen molar-refractivity contribution in [3.05, 3.63) is 146 Å². The smallest absolute Gasteiger partial charge is 0.240 e. The first-order valence-corrected chi connectivity index (χ1v) is 14.6. The molecule has 6 heteroatoms. The number of hydrogen-bond acceptors (Lipinski definition) is 4. The molecule has 0 spiro atoms. The molecule has 0 aliphatic carbocycles. The monoisotopic (exact) mass is 564 g/mol. The van der Waals surface area contributed by atoms with Crippen molar-refractivity contribution in [1.29, 1.82) is 0 Å². The average Bonchev–Trinajstić information content (AvgIpc) is 3.60. The van der Waals surface area contributed by atoms with E-state index in [0.29, 0.717) is 17.6 Å². The van der Waals surface area contributed by atoms with E-state index < -0.39 is 0 Å². The van der Waals surface area contributed by atoms with Gasteiger partial charge in [0.05, 0.1) is 16.6 Å². The summed E-state index contributed by atoms with van der Waals surface area (Å²) in [6, 6.07) is 47.9. The first-order valence-electron chi connectivity index (χ1n) is 14.6. The number of para-hydroxylation sites is 2. The van der Waals surface area contributed by atoms with E-state index in [4.69, 9.17) is 19.9 Å². The normalized spacial score (nSPS) is 11.6. The molecule has 0 bridgehead atoms. The molecule has 0 aliphatic heterocycles. The number of fused-ring (bicyclic) bond motifs is 6. The Bertz CT molecular complexity index is 2420. The summed E-state index contributed by atoms with van der Waals surface area (Å²) in [6.07, 6.45) is 1.83. The zero-order chi connectivity index (χ0) is 29.0. The van der Waals surface area contributed by atoms with Crippen LogP contribution >= 0.6 is 0 Å². The lowest BCUT2D eigenvalue weighted by atomic mass is 10.1. The largest absolute Gasteiger partial charge is 0.309 e. The molecule has 0 N–H and O–H groups in total. The minimum atomic E-state index is 0.530. The lowest BCUT2D eigenvalue weighted by Crippen LogP contribution is -2.07. The molecule has 0 saturated heterocycles. The van der Waals surface area contributed by atoms with Gasteiger partial charge in [0, 0.05) is 44.6 Å². The maximum absolute atomic E-state index is 5.06. The number of rotatable bonds is 4. The Morgan fingerprint density at radius 2 is 0.955 bits per heavy atom. The fourth-order valence-electron chi connectivity index (χ4n) is 6.26. The topological polar surface area (TPSA) is 61.4 Å². The van der Waals surface area contributed by atoms with Crippen molar-refractivity contribution in [3.63, 3.8) is 0 Å². The van der Waals surface area contributed by atoms with Crippen LogP contribution < -0.4 is 0 Å². The van der Waals surface area contributed by atoms with Crippen LogP contribution in [0.2, 0.25) is 0 Å². The molecule has 6 nitrogen and oxygen atoms in total. The molecule has 9 rings (SSSR count). The Labute approximate surface area is 252 Å². The van der Waals surface area contributed by atoms with Crippen molar-refractivity contribution in [1.82, 2.24) is 29.1 Å². The molecule has 206 valence electrons. The number of aromatic nitrogens is 6. The van der Waals surface area contributed by atoms with E-state index in [1.54, 1.807) is 0 Å². The van der Waals surface area contributed by atoms with Crippen molar-refractivity contribution in [2.75, 3.05) is 0 Å². The van der Waals surface area contributed by atoms with E-state index in [1.807, 2.05) is 72.9 Å². The summed E-state index contributed by atoms with van der Waals surface area (Å²) in [5.41, 5.74) is 7.07. The van der Waals surface area contributed by atoms with E-state index in [0.717, 1.165) is 55.2 Å². The number of nitrogens with zero attached hydrogens (tertiary/aromatic N) is 6. The molecule has 5 aromatic carbocycles. The molecular formula is C38H24N6. The molecule has 0 unspecified atom stereocenters. The molecule has 0 radical (unpaired) electrons. The zero-order valence-corrected chi connectivity index (χ0v) is 23.5. The third-order valence-electron chi connectivity index (χ3n) is 8.22. The molecule has 44 heavy (non-hydrogen) atoms. The molecule has 0 saturated carbocycles. The van der Waals surface area contributed by atoms with Gasteiger partial charge in [-0.3, -0.25) is 4.57 Å². The van der Waals surface area contributed by atoms with Gasteiger partial charge in [0.1, 0.15) is 5.65 Å². The maximum Gasteiger partial charge on any atom is 0.240 e. The van der Waals surface area contributed by atoms with Crippen molar-refractivity contribution in [2.24, 2.45) is 0 Å². The number of hydrogen-bond donors (Lipinski definition) is 0. The summed E-state index contributed by atoms with van der Waals surface area (Å²) in [5, 5.41) is 4.46. The molecular weight excluding hydrogens is 540 g/mol. The van der Waals surface area contributed by atoms with E-state index in [1.165, 1.54) is 5.39 Å². The Kier molecular flexibility index (Phi) is 5.40. The summed E-state index contributed by atoms with van der Waals surface area (Å²) < 4.78 is 4.42. The van der Waals surface area contributed by atoms with Gasteiger partial charge in [0.15, 0.2) is 11.6 Å². The van der Waals surface area contributed by atoms with Crippen molar-refractivity contribution < 1.29 is 0 Å². The fourth-order valence-corrected chi connectivity index (χ4v) is 6.26. The summed E-state index contributed by atoms with van der Waals surface area (Å²) in [7, 11) is 0. The van der Waals surface area contributed by atoms with Crippen LogP contribution in [0.25, 0.3) is 78.2 Å². The highest BCUT2D eigenvalue weighted by molar-refractivity contribution is 6.18. The highest BCUT2D eigenvalue weighted by atomic mass is 15.2. The Morgan fingerprint density at radius 1 is 0.409 bits per heavy atom. The van der Waals surface area contributed by atoms with Gasteiger partial charge in [-0.05, 0) is 42.5 Å². The van der Waals surface area contributed by atoms with Gasteiger partial charge in [-0.25, -0.2) is 9.97 Å². The SMILES string of the molecule is c1ccc(-c2nc(-c3ccccc3)nc(-n3c4cc5c6ccccc6n(-c6ccccc6)c5cc4c4cccnc43)n2)cc1. The Morgan fingerprint density at radius 3 is 1.64 bits per heavy atom. The summed E-state index contributed by atoms with van der Waals surface area (Å²) in [4.78, 5) is 19.9. The molecule has 4 heterocycles. The predicted molar refractivity (Wildman–Crippen MR) is 177 cm³/mol. The van der Waals surface area contributed by atoms with E-state index in [2.05, 4.69) is 81.9 Å². The molecule has 9 aromatic rings. The maximum atomic E-state index is 5.06. The fraction of sp³-hybridized carbons (Fsp3) is 0. The molecule has 4 aromatic heterocycles. The van der Waals surface area contributed by atoms with Gasteiger partial charge < -0.3 is 4.57 Å². The first-order chi connectivity index (χ1) is 21.8. The summed E-state index contributed by atoms with van der Waals surface area (Å²) in [5.74, 6) is 1.76. The van der Waals surface area contributed by atoms with Crippen LogP contribution in [0.5, 0.6) is 0 Å². The van der Waals surface area contributed by atoms with Crippen LogP contribution in [0, 0.1) is 0 Å². The average molecular weight is 565 g/mol. The van der Waals surface area contributed by atoms with Crippen molar-refractivity contribution in [2.45, 2.75) is 0 Å². The summed E-state index contributed by atoms with van der Waals surface area (Å²) >= 11 is 0. The van der Waals surface area contributed by atoms with Crippen LogP contribution in [-0.2, 0) is 0 Å². The second-order valence-corrected chi connectivity index (χ2v) is 10.8. The van der Waals surface area contributed by atoms with E-state index in [9.17, 15) is 0 Å². The zero-order valence-electron chi connectivity index (χ0n) is 23.5. The van der Waals surface area contributed by atoms with Gasteiger partial charge in [-0.15, -0.1) is 0 Å². The lowest BCUT2D eigenvalue weighted by molar-refractivity contribution is 0.944. The van der Waals surface area contributed by atoms with Crippen molar-refractivity contribution in [3.8, 4) is 34.4 Å². The second kappa shape index (κ2) is 9.71. The van der Waals surface area contributed by atoms with Gasteiger partial charge >= 0.3 is 0 Å². The molecule has 0 fully saturated rings. The second-order valence-electron chi connectivity index (χ2n) is 10.8. The van der Waals surface area contributed by atoms with E-state index >= 15 is 0 Å². The first kappa shape index (κ1) is 24.5. The Hall–Kier alpha value is -6.14. The standard InChI is InChI=1S/C38H24N6/c1-4-13-25(14-5-1)35-40-36(26-15-6-2-7-16-26)42-38(41-35)44-34-23-30-28-19-10-11-21-32(28)43(27-17-8-3-9-18-27)33(30)24-31(34)29-20-12-22-39-37(29)44/h1-24H. The predicted octanol–water partition coefficient (Wildman–Crippen LogP) is 8.79. The van der Waals surface area contributed by atoms with Gasteiger partial charge in [0.25, 0.3) is 0 Å². The lowest BCUT2D eigenvalue weighted by Gasteiger charge is -2.10. The van der Waals surface area contributed by atoms with Crippen molar-refractivity contribution >= 4 is 43.7 Å². The van der Waals surface area contributed by atoms with Gasteiger partial charge in [-0.2, -0.15) is 9.97 Å². The molecule has 0 amide bonds. The molecule has 0 atom stereocenters. The highest BCUT2D eigenvalue weighted by Crippen LogP contribution is 2.39. The number of pyridine rings is 1. The summed E-state index contributed by atoms with van der Waals surface area (Å²) in [6.45, 7) is 0. The highest BCUT2D eigenvalue weighted by Gasteiger charge is 2.21. The van der Waals surface area contributed by atoms with Gasteiger partial charge in [-0.1, -0.05) is 97.1 Å². The minimum absolute atomic E-state index is 0.530.